The van der Waals surface area contributed by atoms with Gasteiger partial charge >= 0.3 is 6.09 Å². The van der Waals surface area contributed by atoms with Gasteiger partial charge in [0.05, 0.1) is 0 Å². The fourth-order valence-electron chi connectivity index (χ4n) is 2.91. The van der Waals surface area contributed by atoms with Gasteiger partial charge in [-0.25, -0.2) is 18.2 Å². The van der Waals surface area contributed by atoms with E-state index in [2.05, 4.69) is 4.98 Å². The van der Waals surface area contributed by atoms with Crippen molar-refractivity contribution in [1.29, 1.82) is 0 Å². The smallest absolute Gasteiger partial charge is 0.410 e. The van der Waals surface area contributed by atoms with Crippen LogP contribution in [-0.2, 0) is 28.4 Å². The number of benzene rings is 1. The molecule has 1 amide bonds. The number of nitrogens with zero attached hydrogens (tertiary/aromatic N) is 4. The Morgan fingerprint density at radius 2 is 1.89 bits per heavy atom. The summed E-state index contributed by atoms with van der Waals surface area (Å²) in [7, 11) is -1.91. The number of aromatic nitrogens is 2. The number of aryl methyl sites for hydroxylation is 2. The first kappa shape index (κ1) is 19.4. The number of amides is 1. The number of carbonyl (C=O) groups excluding carboxylic acids is 1. The van der Waals surface area contributed by atoms with E-state index < -0.39 is 16.1 Å². The number of sulfonamides is 1. The molecular weight excluding hydrogens is 368 g/mol. The van der Waals surface area contributed by atoms with Gasteiger partial charge in [-0.1, -0.05) is 30.3 Å². The Bertz CT molecular complexity index is 876. The summed E-state index contributed by atoms with van der Waals surface area (Å²) in [5, 5.41) is 0.0441. The molecule has 1 aliphatic heterocycles. The molecule has 2 aromatic rings. The number of carbonyl (C=O) groups is 1. The quantitative estimate of drug-likeness (QED) is 0.792. The number of hydrogen-bond acceptors (Lipinski definition) is 5. The summed E-state index contributed by atoms with van der Waals surface area (Å²) >= 11 is 0. The largest absolute Gasteiger partial charge is 0.445 e. The number of rotatable bonds is 4. The minimum atomic E-state index is -3.67. The zero-order valence-corrected chi connectivity index (χ0v) is 16.4. The predicted octanol–water partition coefficient (Wildman–Crippen LogP) is 1.76. The molecule has 1 aliphatic rings. The van der Waals surface area contributed by atoms with Crippen molar-refractivity contribution < 1.29 is 17.9 Å². The standard InChI is InChI=1S/C18H24N4O4S/c1-15-19-17(13-20(15)2)27(24,25)22-10-6-9-21(11-12-22)18(23)26-14-16-7-4-3-5-8-16/h3-5,7-8,13H,6,9-12,14H2,1-2H3. The van der Waals surface area contributed by atoms with Crippen molar-refractivity contribution >= 4 is 16.1 Å². The van der Waals surface area contributed by atoms with Crippen molar-refractivity contribution in [2.75, 3.05) is 26.2 Å². The van der Waals surface area contributed by atoms with E-state index in [0.717, 1.165) is 5.56 Å². The van der Waals surface area contributed by atoms with Gasteiger partial charge in [0.15, 0.2) is 5.03 Å². The highest BCUT2D eigenvalue weighted by Crippen LogP contribution is 2.17. The van der Waals surface area contributed by atoms with Crippen LogP contribution in [0.2, 0.25) is 0 Å². The van der Waals surface area contributed by atoms with E-state index in [1.165, 1.54) is 10.5 Å². The average molecular weight is 392 g/mol. The highest BCUT2D eigenvalue weighted by atomic mass is 32.2. The van der Waals surface area contributed by atoms with E-state index >= 15 is 0 Å². The van der Waals surface area contributed by atoms with Crippen LogP contribution in [0.5, 0.6) is 0 Å². The third kappa shape index (κ3) is 4.48. The summed E-state index contributed by atoms with van der Waals surface area (Å²) in [6.07, 6.45) is 1.64. The normalized spacial score (nSPS) is 16.1. The lowest BCUT2D eigenvalue weighted by molar-refractivity contribution is 0.0980. The minimum absolute atomic E-state index is 0.0441. The van der Waals surface area contributed by atoms with E-state index in [4.69, 9.17) is 4.74 Å². The molecule has 0 radical (unpaired) electrons. The molecule has 27 heavy (non-hydrogen) atoms. The SMILES string of the molecule is Cc1nc(S(=O)(=O)N2CCCN(C(=O)OCc3ccccc3)CC2)cn1C. The van der Waals surface area contributed by atoms with Crippen molar-refractivity contribution in [3.63, 3.8) is 0 Å². The molecule has 1 aromatic carbocycles. The molecule has 0 unspecified atom stereocenters. The van der Waals surface area contributed by atoms with E-state index in [1.54, 1.807) is 23.4 Å². The second-order valence-corrected chi connectivity index (χ2v) is 8.41. The molecule has 3 rings (SSSR count). The highest BCUT2D eigenvalue weighted by molar-refractivity contribution is 7.89. The van der Waals surface area contributed by atoms with Gasteiger partial charge in [0.25, 0.3) is 10.0 Å². The van der Waals surface area contributed by atoms with Gasteiger partial charge in [-0.05, 0) is 18.9 Å². The zero-order chi connectivity index (χ0) is 19.4. The molecule has 0 atom stereocenters. The molecule has 9 heteroatoms. The molecule has 8 nitrogen and oxygen atoms in total. The van der Waals surface area contributed by atoms with E-state index in [0.29, 0.717) is 31.9 Å². The van der Waals surface area contributed by atoms with Crippen LogP contribution < -0.4 is 0 Å². The first-order chi connectivity index (χ1) is 12.9. The Morgan fingerprint density at radius 3 is 2.56 bits per heavy atom. The molecular formula is C18H24N4O4S. The maximum atomic E-state index is 12.8. The minimum Gasteiger partial charge on any atom is -0.445 e. The molecule has 146 valence electrons. The van der Waals surface area contributed by atoms with Gasteiger partial charge in [-0.2, -0.15) is 4.31 Å². The lowest BCUT2D eigenvalue weighted by Crippen LogP contribution is -2.37. The van der Waals surface area contributed by atoms with Crippen molar-refractivity contribution in [1.82, 2.24) is 18.8 Å². The molecule has 1 fully saturated rings. The lowest BCUT2D eigenvalue weighted by atomic mass is 10.2. The number of imidazole rings is 1. The van der Waals surface area contributed by atoms with Gasteiger partial charge in [0.1, 0.15) is 12.4 Å². The maximum absolute atomic E-state index is 12.8. The second-order valence-electron chi connectivity index (χ2n) is 6.52. The summed E-state index contributed by atoms with van der Waals surface area (Å²) in [5.74, 6) is 0.634. The average Bonchev–Trinajstić information content (AvgIpc) is 2.87. The Kier molecular flexibility index (Phi) is 5.81. The topological polar surface area (TPSA) is 84.7 Å². The van der Waals surface area contributed by atoms with Crippen molar-refractivity contribution in [3.05, 3.63) is 47.9 Å². The summed E-state index contributed by atoms with van der Waals surface area (Å²) in [5.41, 5.74) is 0.912. The monoisotopic (exact) mass is 392 g/mol. The van der Waals surface area contributed by atoms with Gasteiger partial charge in [0, 0.05) is 39.4 Å². The fraction of sp³-hybridized carbons (Fsp3) is 0.444. The maximum Gasteiger partial charge on any atom is 0.410 e. The molecule has 0 spiro atoms. The van der Waals surface area contributed by atoms with Crippen molar-refractivity contribution in [3.8, 4) is 0 Å². The molecule has 0 bridgehead atoms. The zero-order valence-electron chi connectivity index (χ0n) is 15.5. The van der Waals surface area contributed by atoms with Gasteiger partial charge in [0.2, 0.25) is 0 Å². The number of hydrogen-bond donors (Lipinski definition) is 0. The fourth-order valence-corrected chi connectivity index (χ4v) is 4.40. The summed E-state index contributed by atoms with van der Waals surface area (Å²) in [4.78, 5) is 18.0. The van der Waals surface area contributed by atoms with Crippen LogP contribution in [0.3, 0.4) is 0 Å². The van der Waals surface area contributed by atoms with Crippen LogP contribution in [0, 0.1) is 6.92 Å². The molecule has 0 aliphatic carbocycles. The Morgan fingerprint density at radius 1 is 1.15 bits per heavy atom. The third-order valence-electron chi connectivity index (χ3n) is 4.61. The van der Waals surface area contributed by atoms with Crippen LogP contribution >= 0.6 is 0 Å². The summed E-state index contributed by atoms with van der Waals surface area (Å²) in [6.45, 7) is 3.27. The first-order valence-electron chi connectivity index (χ1n) is 8.83. The van der Waals surface area contributed by atoms with Crippen LogP contribution in [-0.4, -0.2) is 59.4 Å². The van der Waals surface area contributed by atoms with Crippen molar-refractivity contribution in [2.45, 2.75) is 25.0 Å². The number of ether oxygens (including phenoxy) is 1. The van der Waals surface area contributed by atoms with E-state index in [-0.39, 0.29) is 18.2 Å². The Labute approximate surface area is 159 Å². The lowest BCUT2D eigenvalue weighted by Gasteiger charge is -2.21. The van der Waals surface area contributed by atoms with Gasteiger partial charge in [-0.3, -0.25) is 0 Å². The molecule has 0 saturated carbocycles. The van der Waals surface area contributed by atoms with Gasteiger partial charge in [-0.15, -0.1) is 0 Å². The first-order valence-corrected chi connectivity index (χ1v) is 10.3. The molecule has 1 aromatic heterocycles. The van der Waals surface area contributed by atoms with Crippen LogP contribution in [0.4, 0.5) is 4.79 Å². The van der Waals surface area contributed by atoms with Crippen molar-refractivity contribution in [2.24, 2.45) is 7.05 Å². The van der Waals surface area contributed by atoms with Crippen LogP contribution in [0.1, 0.15) is 17.8 Å². The van der Waals surface area contributed by atoms with Gasteiger partial charge < -0.3 is 14.2 Å². The third-order valence-corrected chi connectivity index (χ3v) is 6.38. The predicted molar refractivity (Wildman–Crippen MR) is 99.5 cm³/mol. The van der Waals surface area contributed by atoms with Crippen LogP contribution in [0.25, 0.3) is 0 Å². The van der Waals surface area contributed by atoms with E-state index in [1.807, 2.05) is 30.3 Å². The molecule has 0 N–H and O–H groups in total. The summed E-state index contributed by atoms with van der Waals surface area (Å²) < 4.78 is 34.0. The highest BCUT2D eigenvalue weighted by Gasteiger charge is 2.30. The summed E-state index contributed by atoms with van der Waals surface area (Å²) in [6, 6.07) is 9.45. The van der Waals surface area contributed by atoms with E-state index in [9.17, 15) is 13.2 Å². The molecule has 2 heterocycles. The Balaban J connectivity index is 1.60. The van der Waals surface area contributed by atoms with Crippen LogP contribution in [0.15, 0.2) is 41.6 Å². The molecule has 1 saturated heterocycles. The second kappa shape index (κ2) is 8.10. The Hall–Kier alpha value is -2.39.